The quantitative estimate of drug-likeness (QED) is 0.410. The highest BCUT2D eigenvalue weighted by Crippen LogP contribution is 2.36. The number of pyridine rings is 1. The molecule has 5 rings (SSSR count). The third-order valence-electron chi connectivity index (χ3n) is 6.36. The Morgan fingerprint density at radius 2 is 2.00 bits per heavy atom. The number of ether oxygens (including phenoxy) is 1. The Bertz CT molecular complexity index is 1110. The van der Waals surface area contributed by atoms with Gasteiger partial charge in [0.2, 0.25) is 0 Å². The normalized spacial score (nSPS) is 18.3. The summed E-state index contributed by atoms with van der Waals surface area (Å²) in [6.07, 6.45) is 5.18. The molecule has 0 bridgehead atoms. The molecule has 1 aliphatic carbocycles. The van der Waals surface area contributed by atoms with Crippen LogP contribution in [0, 0.1) is 0 Å². The van der Waals surface area contributed by atoms with Gasteiger partial charge in [-0.2, -0.15) is 5.48 Å². The number of H-pyrrole nitrogens is 1. The number of aromatic nitrogens is 3. The van der Waals surface area contributed by atoms with E-state index in [2.05, 4.69) is 31.7 Å². The highest BCUT2D eigenvalue weighted by molar-refractivity contribution is 5.93. The number of fused-ring (bicyclic) bond motifs is 1. The molecule has 33 heavy (non-hydrogen) atoms. The minimum atomic E-state index is -0.226. The molecule has 9 heteroatoms. The zero-order chi connectivity index (χ0) is 22.6. The predicted molar refractivity (Wildman–Crippen MR) is 123 cm³/mol. The number of nitrogens with zero attached hydrogens (tertiary/aromatic N) is 3. The maximum absolute atomic E-state index is 12.9. The summed E-state index contributed by atoms with van der Waals surface area (Å²) in [6, 6.07) is 9.88. The van der Waals surface area contributed by atoms with Gasteiger partial charge in [0, 0.05) is 49.7 Å². The molecule has 0 radical (unpaired) electrons. The van der Waals surface area contributed by atoms with E-state index in [9.17, 15) is 10.0 Å². The molecule has 1 fully saturated rings. The number of hydrogen-bond acceptors (Lipinski definition) is 7. The summed E-state index contributed by atoms with van der Waals surface area (Å²) in [7, 11) is 0. The first-order valence-corrected chi connectivity index (χ1v) is 11.3. The smallest absolute Gasteiger partial charge is 0.287 e. The summed E-state index contributed by atoms with van der Waals surface area (Å²) in [5.74, 6) is 0.0599. The number of morpholine rings is 1. The second-order valence-corrected chi connectivity index (χ2v) is 8.39. The molecular weight excluding hydrogens is 420 g/mol. The van der Waals surface area contributed by atoms with Gasteiger partial charge < -0.3 is 20.2 Å². The third kappa shape index (κ3) is 4.67. The van der Waals surface area contributed by atoms with E-state index in [0.717, 1.165) is 73.8 Å². The lowest BCUT2D eigenvalue weighted by atomic mass is 10.0. The van der Waals surface area contributed by atoms with Crippen molar-refractivity contribution >= 4 is 5.91 Å². The Hall–Kier alpha value is -3.11. The maximum Gasteiger partial charge on any atom is 0.287 e. The summed E-state index contributed by atoms with van der Waals surface area (Å²) in [4.78, 5) is 27.2. The highest BCUT2D eigenvalue weighted by Gasteiger charge is 2.24. The van der Waals surface area contributed by atoms with Crippen molar-refractivity contribution in [3.05, 3.63) is 59.7 Å². The van der Waals surface area contributed by atoms with Crippen LogP contribution < -0.4 is 10.8 Å². The van der Waals surface area contributed by atoms with Gasteiger partial charge in [0.05, 0.1) is 30.6 Å². The van der Waals surface area contributed by atoms with Crippen LogP contribution in [0.5, 0.6) is 0 Å². The van der Waals surface area contributed by atoms with Crippen LogP contribution in [0.25, 0.3) is 22.5 Å². The molecular formula is C24H28N6O3. The van der Waals surface area contributed by atoms with Crippen molar-refractivity contribution in [3.63, 3.8) is 0 Å². The van der Waals surface area contributed by atoms with E-state index in [-0.39, 0.29) is 17.8 Å². The first kappa shape index (κ1) is 21.7. The number of carbonyl (C=O) groups is 1. The highest BCUT2D eigenvalue weighted by atomic mass is 16.5. The lowest BCUT2D eigenvalue weighted by molar-refractivity contribution is 0.0383. The number of hydrogen-bond donors (Lipinski definition) is 4. The Kier molecular flexibility index (Phi) is 6.45. The topological polar surface area (TPSA) is 115 Å². The van der Waals surface area contributed by atoms with E-state index < -0.39 is 0 Å². The summed E-state index contributed by atoms with van der Waals surface area (Å²) < 4.78 is 5.37. The first-order valence-electron chi connectivity index (χ1n) is 11.3. The van der Waals surface area contributed by atoms with Crippen LogP contribution in [0.1, 0.15) is 34.2 Å². The average Bonchev–Trinajstić information content (AvgIpc) is 3.49. The van der Waals surface area contributed by atoms with Crippen molar-refractivity contribution in [2.24, 2.45) is 0 Å². The van der Waals surface area contributed by atoms with Crippen molar-refractivity contribution in [1.29, 1.82) is 0 Å². The third-order valence-corrected chi connectivity index (χ3v) is 6.36. The average molecular weight is 449 g/mol. The molecule has 1 unspecified atom stereocenters. The lowest BCUT2D eigenvalue weighted by Crippen LogP contribution is -2.41. The molecule has 0 spiro atoms. The molecule has 2 aliphatic rings. The van der Waals surface area contributed by atoms with Gasteiger partial charge in [0.15, 0.2) is 5.82 Å². The minimum absolute atomic E-state index is 0.0410. The SMILES string of the molecule is O=C(NCCN1CCOCC1)c1nc(-c2ccc3c(c2)CCC3NO)c(-c2ccncc2)[nH]1. The molecule has 3 aromatic rings. The van der Waals surface area contributed by atoms with E-state index >= 15 is 0 Å². The fourth-order valence-electron chi connectivity index (χ4n) is 4.55. The number of aryl methyl sites for hydroxylation is 1. The number of aromatic amines is 1. The molecule has 172 valence electrons. The molecule has 4 N–H and O–H groups in total. The van der Waals surface area contributed by atoms with Crippen LogP contribution in [0.2, 0.25) is 0 Å². The molecule has 1 amide bonds. The number of rotatable bonds is 7. The molecule has 3 heterocycles. The van der Waals surface area contributed by atoms with Gasteiger partial charge in [0.25, 0.3) is 5.91 Å². The number of benzene rings is 1. The van der Waals surface area contributed by atoms with Crippen LogP contribution in [-0.4, -0.2) is 70.4 Å². The van der Waals surface area contributed by atoms with Crippen LogP contribution in [0.3, 0.4) is 0 Å². The second-order valence-electron chi connectivity index (χ2n) is 8.39. The van der Waals surface area contributed by atoms with E-state index in [1.807, 2.05) is 24.3 Å². The molecule has 1 aromatic carbocycles. The van der Waals surface area contributed by atoms with Gasteiger partial charge >= 0.3 is 0 Å². The number of nitrogens with one attached hydrogen (secondary N) is 3. The number of imidazole rings is 1. The maximum atomic E-state index is 12.9. The Morgan fingerprint density at radius 1 is 1.18 bits per heavy atom. The predicted octanol–water partition coefficient (Wildman–Crippen LogP) is 2.17. The largest absolute Gasteiger partial charge is 0.379 e. The molecule has 0 saturated carbocycles. The van der Waals surface area contributed by atoms with Gasteiger partial charge in [-0.1, -0.05) is 12.1 Å². The van der Waals surface area contributed by atoms with Crippen LogP contribution >= 0.6 is 0 Å². The van der Waals surface area contributed by atoms with Gasteiger partial charge in [-0.25, -0.2) is 4.98 Å². The lowest BCUT2D eigenvalue weighted by Gasteiger charge is -2.26. The minimum Gasteiger partial charge on any atom is -0.379 e. The molecule has 9 nitrogen and oxygen atoms in total. The summed E-state index contributed by atoms with van der Waals surface area (Å²) in [5.41, 5.74) is 8.02. The van der Waals surface area contributed by atoms with Crippen molar-refractivity contribution in [2.75, 3.05) is 39.4 Å². The van der Waals surface area contributed by atoms with Crippen molar-refractivity contribution in [3.8, 4) is 22.5 Å². The monoisotopic (exact) mass is 448 g/mol. The van der Waals surface area contributed by atoms with E-state index in [1.165, 1.54) is 5.56 Å². The van der Waals surface area contributed by atoms with Gasteiger partial charge in [-0.05, 0) is 42.2 Å². The Morgan fingerprint density at radius 3 is 2.79 bits per heavy atom. The van der Waals surface area contributed by atoms with E-state index in [1.54, 1.807) is 12.4 Å². The number of hydroxylamine groups is 1. The van der Waals surface area contributed by atoms with Crippen LogP contribution in [0.4, 0.5) is 0 Å². The summed E-state index contributed by atoms with van der Waals surface area (Å²) >= 11 is 0. The van der Waals surface area contributed by atoms with Crippen molar-refractivity contribution in [2.45, 2.75) is 18.9 Å². The zero-order valence-electron chi connectivity index (χ0n) is 18.4. The van der Waals surface area contributed by atoms with E-state index in [4.69, 9.17) is 9.72 Å². The standard InChI is InChI=1S/C24H28N6O3/c31-24(26-9-10-30-11-13-33-14-12-30)23-27-21(16-5-7-25-8-6-16)22(28-23)18-1-3-19-17(15-18)2-4-20(19)29-32/h1,3,5-8,15,20,29,32H,2,4,9-14H2,(H,26,31)(H,27,28). The Labute approximate surface area is 192 Å². The fourth-order valence-corrected chi connectivity index (χ4v) is 4.55. The second kappa shape index (κ2) is 9.80. The van der Waals surface area contributed by atoms with Crippen molar-refractivity contribution < 1.29 is 14.7 Å². The molecule has 1 aliphatic heterocycles. The van der Waals surface area contributed by atoms with Gasteiger partial charge in [-0.3, -0.25) is 14.7 Å². The summed E-state index contributed by atoms with van der Waals surface area (Å²) in [5, 5.41) is 12.4. The molecule has 2 aromatic heterocycles. The number of carbonyl (C=O) groups excluding carboxylic acids is 1. The molecule has 1 saturated heterocycles. The van der Waals surface area contributed by atoms with Crippen LogP contribution in [-0.2, 0) is 11.2 Å². The van der Waals surface area contributed by atoms with Gasteiger partial charge in [0.1, 0.15) is 0 Å². The van der Waals surface area contributed by atoms with Crippen LogP contribution in [0.15, 0.2) is 42.7 Å². The Balaban J connectivity index is 1.40. The van der Waals surface area contributed by atoms with Crippen molar-refractivity contribution in [1.82, 2.24) is 30.6 Å². The first-order chi connectivity index (χ1) is 16.2. The zero-order valence-corrected chi connectivity index (χ0v) is 18.4. The molecule has 1 atom stereocenters. The fraction of sp³-hybridized carbons (Fsp3) is 0.375. The van der Waals surface area contributed by atoms with Gasteiger partial charge in [-0.15, -0.1) is 0 Å². The number of amides is 1. The van der Waals surface area contributed by atoms with E-state index in [0.29, 0.717) is 6.54 Å². The summed E-state index contributed by atoms with van der Waals surface area (Å²) in [6.45, 7) is 4.58.